The number of aromatic nitrogens is 1. The first kappa shape index (κ1) is 13.0. The minimum absolute atomic E-state index is 0.212. The van der Waals surface area contributed by atoms with E-state index in [2.05, 4.69) is 16.9 Å². The van der Waals surface area contributed by atoms with Gasteiger partial charge in [-0.2, -0.15) is 0 Å². The number of aryl methyl sites for hydroxylation is 1. The number of benzene rings is 1. The van der Waals surface area contributed by atoms with Crippen LogP contribution in [0.4, 0.5) is 0 Å². The van der Waals surface area contributed by atoms with Crippen molar-refractivity contribution in [1.29, 1.82) is 0 Å². The Kier molecular flexibility index (Phi) is 4.08. The Morgan fingerprint density at radius 1 is 1.26 bits per heavy atom. The van der Waals surface area contributed by atoms with Gasteiger partial charge in [0.2, 0.25) is 5.91 Å². The van der Waals surface area contributed by atoms with Gasteiger partial charge in [0.05, 0.1) is 11.7 Å². The van der Waals surface area contributed by atoms with Crippen molar-refractivity contribution in [2.75, 3.05) is 0 Å². The molecule has 0 saturated heterocycles. The first-order valence-corrected chi connectivity index (χ1v) is 6.11. The number of carbonyl (C=O) groups is 1. The van der Waals surface area contributed by atoms with Crippen LogP contribution < -0.4 is 5.32 Å². The zero-order valence-corrected chi connectivity index (χ0v) is 10.8. The van der Waals surface area contributed by atoms with Crippen LogP contribution in [-0.2, 0) is 4.79 Å². The lowest BCUT2D eigenvalue weighted by Gasteiger charge is -2.18. The molecule has 1 aromatic carbocycles. The molecule has 1 aromatic heterocycles. The molecule has 0 spiro atoms. The van der Waals surface area contributed by atoms with Gasteiger partial charge in [-0.15, -0.1) is 0 Å². The van der Waals surface area contributed by atoms with Crippen LogP contribution in [0, 0.1) is 6.92 Å². The van der Waals surface area contributed by atoms with Crippen LogP contribution in [0.25, 0.3) is 0 Å². The van der Waals surface area contributed by atoms with E-state index in [1.165, 1.54) is 11.6 Å². The van der Waals surface area contributed by atoms with Crippen molar-refractivity contribution in [3.63, 3.8) is 0 Å². The molecule has 0 fully saturated rings. The number of rotatable bonds is 4. The van der Waals surface area contributed by atoms with Gasteiger partial charge in [0.25, 0.3) is 0 Å². The maximum atomic E-state index is 11.6. The zero-order valence-electron chi connectivity index (χ0n) is 10.8. The summed E-state index contributed by atoms with van der Waals surface area (Å²) in [5.41, 5.74) is 2.99. The summed E-state index contributed by atoms with van der Waals surface area (Å²) in [6, 6.07) is 13.4. The summed E-state index contributed by atoms with van der Waals surface area (Å²) in [4.78, 5) is 15.9. The van der Waals surface area contributed by atoms with Crippen molar-refractivity contribution in [3.05, 3.63) is 78.1 Å². The highest BCUT2D eigenvalue weighted by molar-refractivity contribution is 5.87. The van der Waals surface area contributed by atoms with Crippen LogP contribution in [0.2, 0.25) is 0 Å². The predicted octanol–water partition coefficient (Wildman–Crippen LogP) is 2.78. The minimum atomic E-state index is -0.257. The average Bonchev–Trinajstić information content (AvgIpc) is 2.46. The molecule has 2 aromatic rings. The third kappa shape index (κ3) is 3.28. The average molecular weight is 252 g/mol. The highest BCUT2D eigenvalue weighted by atomic mass is 16.1. The molecule has 2 rings (SSSR count). The van der Waals surface area contributed by atoms with Crippen molar-refractivity contribution in [3.8, 4) is 0 Å². The summed E-state index contributed by atoms with van der Waals surface area (Å²) in [5.74, 6) is -0.212. The van der Waals surface area contributed by atoms with Crippen molar-refractivity contribution in [2.24, 2.45) is 0 Å². The van der Waals surface area contributed by atoms with E-state index in [4.69, 9.17) is 0 Å². The molecule has 0 bridgehead atoms. The Morgan fingerprint density at radius 2 is 2.00 bits per heavy atom. The predicted molar refractivity (Wildman–Crippen MR) is 75.6 cm³/mol. The van der Waals surface area contributed by atoms with E-state index in [0.717, 1.165) is 11.3 Å². The maximum absolute atomic E-state index is 11.6. The van der Waals surface area contributed by atoms with E-state index >= 15 is 0 Å². The summed E-state index contributed by atoms with van der Waals surface area (Å²) in [7, 11) is 0. The van der Waals surface area contributed by atoms with Gasteiger partial charge >= 0.3 is 0 Å². The van der Waals surface area contributed by atoms with E-state index in [9.17, 15) is 4.79 Å². The standard InChI is InChI=1S/C16H16N2O/c1-3-15(19)18-16(14-6-4-5-11-17-14)13-9-7-12(2)8-10-13/h3-11,16H,1H2,2H3,(H,18,19). The van der Waals surface area contributed by atoms with Crippen molar-refractivity contribution in [2.45, 2.75) is 13.0 Å². The number of hydrogen-bond donors (Lipinski definition) is 1. The SMILES string of the molecule is C=CC(=O)NC(c1ccc(C)cc1)c1ccccn1. The third-order valence-electron chi connectivity index (χ3n) is 2.87. The van der Waals surface area contributed by atoms with Crippen LogP contribution in [0.1, 0.15) is 22.9 Å². The van der Waals surface area contributed by atoms with Gasteiger partial charge in [0.1, 0.15) is 0 Å². The molecule has 96 valence electrons. The fourth-order valence-electron chi connectivity index (χ4n) is 1.83. The Bertz CT molecular complexity index is 561. The van der Waals surface area contributed by atoms with Crippen molar-refractivity contribution < 1.29 is 4.79 Å². The van der Waals surface area contributed by atoms with Gasteiger partial charge in [-0.1, -0.05) is 42.5 Å². The summed E-state index contributed by atoms with van der Waals surface area (Å²) < 4.78 is 0. The monoisotopic (exact) mass is 252 g/mol. The minimum Gasteiger partial charge on any atom is -0.340 e. The lowest BCUT2D eigenvalue weighted by atomic mass is 10.0. The summed E-state index contributed by atoms with van der Waals surface area (Å²) in [5, 5.41) is 2.90. The second-order valence-electron chi connectivity index (χ2n) is 4.31. The van der Waals surface area contributed by atoms with Crippen LogP contribution in [0.3, 0.4) is 0 Å². The number of pyridine rings is 1. The molecule has 1 amide bonds. The summed E-state index contributed by atoms with van der Waals surface area (Å²) in [6.45, 7) is 5.51. The molecule has 0 radical (unpaired) electrons. The number of nitrogens with one attached hydrogen (secondary N) is 1. The first-order chi connectivity index (χ1) is 9.20. The second-order valence-corrected chi connectivity index (χ2v) is 4.31. The zero-order chi connectivity index (χ0) is 13.7. The molecule has 3 heteroatoms. The lowest BCUT2D eigenvalue weighted by molar-refractivity contribution is -0.117. The lowest BCUT2D eigenvalue weighted by Crippen LogP contribution is -2.28. The van der Waals surface area contributed by atoms with E-state index < -0.39 is 0 Å². The van der Waals surface area contributed by atoms with Gasteiger partial charge in [-0.05, 0) is 30.7 Å². The quantitative estimate of drug-likeness (QED) is 0.850. The fourth-order valence-corrected chi connectivity index (χ4v) is 1.83. The molecule has 0 saturated carbocycles. The number of hydrogen-bond acceptors (Lipinski definition) is 2. The van der Waals surface area contributed by atoms with Gasteiger partial charge in [-0.3, -0.25) is 9.78 Å². The normalized spacial score (nSPS) is 11.6. The molecule has 1 heterocycles. The Hall–Kier alpha value is -2.42. The Morgan fingerprint density at radius 3 is 2.58 bits per heavy atom. The van der Waals surface area contributed by atoms with Crippen LogP contribution in [0.15, 0.2) is 61.3 Å². The Balaban J connectivity index is 2.36. The van der Waals surface area contributed by atoms with Crippen molar-refractivity contribution in [1.82, 2.24) is 10.3 Å². The molecule has 0 aliphatic heterocycles. The largest absolute Gasteiger partial charge is 0.340 e. The van der Waals surface area contributed by atoms with Gasteiger partial charge in [0.15, 0.2) is 0 Å². The molecule has 1 atom stereocenters. The smallest absolute Gasteiger partial charge is 0.244 e. The third-order valence-corrected chi connectivity index (χ3v) is 2.87. The number of amides is 1. The highest BCUT2D eigenvalue weighted by Gasteiger charge is 2.16. The topological polar surface area (TPSA) is 42.0 Å². The van der Waals surface area contributed by atoms with Gasteiger partial charge < -0.3 is 5.32 Å². The number of nitrogens with zero attached hydrogens (tertiary/aromatic N) is 1. The van der Waals surface area contributed by atoms with Crippen molar-refractivity contribution >= 4 is 5.91 Å². The van der Waals surface area contributed by atoms with E-state index in [-0.39, 0.29) is 11.9 Å². The second kappa shape index (κ2) is 5.96. The van der Waals surface area contributed by atoms with Crippen LogP contribution in [0.5, 0.6) is 0 Å². The van der Waals surface area contributed by atoms with Crippen LogP contribution >= 0.6 is 0 Å². The molecule has 0 aliphatic rings. The molecule has 1 unspecified atom stereocenters. The van der Waals surface area contributed by atoms with Crippen LogP contribution in [-0.4, -0.2) is 10.9 Å². The van der Waals surface area contributed by atoms with E-state index in [0.29, 0.717) is 0 Å². The first-order valence-electron chi connectivity index (χ1n) is 6.11. The summed E-state index contributed by atoms with van der Waals surface area (Å²) >= 11 is 0. The Labute approximate surface area is 113 Å². The highest BCUT2D eigenvalue weighted by Crippen LogP contribution is 2.20. The fraction of sp³-hybridized carbons (Fsp3) is 0.125. The molecule has 1 N–H and O–H groups in total. The van der Waals surface area contributed by atoms with Gasteiger partial charge in [-0.25, -0.2) is 0 Å². The van der Waals surface area contributed by atoms with E-state index in [1.807, 2.05) is 49.4 Å². The molecule has 3 nitrogen and oxygen atoms in total. The van der Waals surface area contributed by atoms with Gasteiger partial charge in [0, 0.05) is 6.20 Å². The number of carbonyl (C=O) groups excluding carboxylic acids is 1. The summed E-state index contributed by atoms with van der Waals surface area (Å²) in [6.07, 6.45) is 2.99. The maximum Gasteiger partial charge on any atom is 0.244 e. The molecule has 0 aliphatic carbocycles. The molecular weight excluding hydrogens is 236 g/mol. The molecule has 19 heavy (non-hydrogen) atoms. The molecular formula is C16H16N2O. The van der Waals surface area contributed by atoms with E-state index in [1.54, 1.807) is 6.20 Å².